The van der Waals surface area contributed by atoms with Crippen molar-refractivity contribution in [1.29, 1.82) is 0 Å². The first-order valence-corrected chi connectivity index (χ1v) is 8.81. The Kier molecular flexibility index (Phi) is 4.37. The number of fused-ring (bicyclic) bond motifs is 1. The first-order chi connectivity index (χ1) is 9.79. The molecule has 0 aliphatic heterocycles. The first-order valence-electron chi connectivity index (χ1n) is 7.53. The van der Waals surface area contributed by atoms with Crippen LogP contribution in [0.4, 0.5) is 0 Å². The van der Waals surface area contributed by atoms with E-state index in [4.69, 9.17) is 4.42 Å². The maximum atomic E-state index is 5.85. The number of nitrogens with one attached hydrogen (secondary N) is 1. The molecule has 3 heteroatoms. The minimum Gasteiger partial charge on any atom is -0.461 e. The van der Waals surface area contributed by atoms with E-state index >= 15 is 0 Å². The second-order valence-corrected chi connectivity index (χ2v) is 6.76. The predicted molar refractivity (Wildman–Crippen MR) is 87.3 cm³/mol. The number of hydrogen-bond acceptors (Lipinski definition) is 3. The molecule has 0 radical (unpaired) electrons. The molecule has 0 spiro atoms. The largest absolute Gasteiger partial charge is 0.461 e. The van der Waals surface area contributed by atoms with E-state index in [2.05, 4.69) is 36.7 Å². The van der Waals surface area contributed by atoms with Crippen LogP contribution in [0.25, 0.3) is 11.0 Å². The Morgan fingerprint density at radius 2 is 2.05 bits per heavy atom. The van der Waals surface area contributed by atoms with Crippen molar-refractivity contribution in [2.24, 2.45) is 0 Å². The number of rotatable bonds is 4. The third kappa shape index (κ3) is 2.75. The van der Waals surface area contributed by atoms with Gasteiger partial charge in [-0.3, -0.25) is 0 Å². The molecule has 1 fully saturated rings. The number of thioether (sulfide) groups is 1. The first kappa shape index (κ1) is 14.0. The highest BCUT2D eigenvalue weighted by Crippen LogP contribution is 2.29. The molecule has 1 heterocycles. The lowest BCUT2D eigenvalue weighted by molar-refractivity contribution is 0.382. The van der Waals surface area contributed by atoms with E-state index in [1.54, 1.807) is 0 Å². The summed E-state index contributed by atoms with van der Waals surface area (Å²) in [5.41, 5.74) is 2.33. The van der Waals surface area contributed by atoms with Crippen LogP contribution in [-0.2, 0) is 6.54 Å². The van der Waals surface area contributed by atoms with Crippen LogP contribution in [0.15, 0.2) is 28.7 Å². The van der Waals surface area contributed by atoms with Crippen LogP contribution in [0.5, 0.6) is 0 Å². The van der Waals surface area contributed by atoms with Crippen LogP contribution < -0.4 is 5.32 Å². The number of benzene rings is 1. The lowest BCUT2D eigenvalue weighted by Gasteiger charge is -2.31. The molecule has 1 aliphatic rings. The van der Waals surface area contributed by atoms with E-state index < -0.39 is 0 Å². The third-order valence-electron chi connectivity index (χ3n) is 4.45. The average Bonchev–Trinajstić information content (AvgIpc) is 2.81. The SMILES string of the molecule is CSC1CCCCC1NCc1c(C)oc2ccccc12. The van der Waals surface area contributed by atoms with Crippen molar-refractivity contribution >= 4 is 22.7 Å². The molecule has 0 bridgehead atoms. The molecule has 1 N–H and O–H groups in total. The van der Waals surface area contributed by atoms with Crippen molar-refractivity contribution in [1.82, 2.24) is 5.32 Å². The smallest absolute Gasteiger partial charge is 0.134 e. The molecule has 1 aliphatic carbocycles. The molecule has 3 rings (SSSR count). The summed E-state index contributed by atoms with van der Waals surface area (Å²) in [7, 11) is 0. The topological polar surface area (TPSA) is 25.2 Å². The number of para-hydroxylation sites is 1. The summed E-state index contributed by atoms with van der Waals surface area (Å²) in [6.07, 6.45) is 7.64. The summed E-state index contributed by atoms with van der Waals surface area (Å²) in [5.74, 6) is 1.05. The molecule has 2 aromatic rings. The molecule has 1 aromatic carbocycles. The molecule has 108 valence electrons. The molecule has 1 aromatic heterocycles. The molecule has 1 saturated carbocycles. The number of aryl methyl sites for hydroxylation is 1. The van der Waals surface area contributed by atoms with Gasteiger partial charge >= 0.3 is 0 Å². The fourth-order valence-electron chi connectivity index (χ4n) is 3.29. The summed E-state index contributed by atoms with van der Waals surface area (Å²) < 4.78 is 5.85. The van der Waals surface area contributed by atoms with Gasteiger partial charge in [-0.2, -0.15) is 11.8 Å². The van der Waals surface area contributed by atoms with Gasteiger partial charge < -0.3 is 9.73 Å². The molecule has 2 unspecified atom stereocenters. The molecule has 0 amide bonds. The second-order valence-electron chi connectivity index (χ2n) is 5.68. The van der Waals surface area contributed by atoms with Crippen LogP contribution in [0.3, 0.4) is 0 Å². The Morgan fingerprint density at radius 1 is 1.25 bits per heavy atom. The van der Waals surface area contributed by atoms with Gasteiger partial charge in [0.05, 0.1) is 0 Å². The Labute approximate surface area is 125 Å². The van der Waals surface area contributed by atoms with Gasteiger partial charge in [-0.05, 0) is 32.1 Å². The molecule has 2 nitrogen and oxygen atoms in total. The van der Waals surface area contributed by atoms with Gasteiger partial charge in [-0.15, -0.1) is 0 Å². The second kappa shape index (κ2) is 6.23. The van der Waals surface area contributed by atoms with Crippen molar-refractivity contribution in [3.05, 3.63) is 35.6 Å². The molecular weight excluding hydrogens is 266 g/mol. The summed E-state index contributed by atoms with van der Waals surface area (Å²) in [5, 5.41) is 5.80. The van der Waals surface area contributed by atoms with Crippen molar-refractivity contribution in [2.45, 2.75) is 50.4 Å². The van der Waals surface area contributed by atoms with E-state index in [-0.39, 0.29) is 0 Å². The highest BCUT2D eigenvalue weighted by Gasteiger charge is 2.24. The fourth-order valence-corrected chi connectivity index (χ4v) is 4.25. The molecule has 20 heavy (non-hydrogen) atoms. The van der Waals surface area contributed by atoms with Gasteiger partial charge in [0.15, 0.2) is 0 Å². The lowest BCUT2D eigenvalue weighted by Crippen LogP contribution is -2.40. The number of hydrogen-bond donors (Lipinski definition) is 1. The molecule has 0 saturated heterocycles. The van der Waals surface area contributed by atoms with Crippen LogP contribution in [-0.4, -0.2) is 17.5 Å². The summed E-state index contributed by atoms with van der Waals surface area (Å²) in [6.45, 7) is 2.99. The van der Waals surface area contributed by atoms with Crippen molar-refractivity contribution in [2.75, 3.05) is 6.26 Å². The van der Waals surface area contributed by atoms with E-state index in [1.807, 2.05) is 17.8 Å². The standard InChI is InChI=1S/C17H23NOS/c1-12-14(13-7-3-5-9-16(13)19-12)11-18-15-8-4-6-10-17(15)20-2/h3,5,7,9,15,17-18H,4,6,8,10-11H2,1-2H3. The van der Waals surface area contributed by atoms with Crippen LogP contribution in [0.2, 0.25) is 0 Å². The summed E-state index contributed by atoms with van der Waals surface area (Å²) in [6, 6.07) is 8.98. The normalized spacial score (nSPS) is 23.3. The van der Waals surface area contributed by atoms with Gasteiger partial charge in [-0.1, -0.05) is 31.0 Å². The third-order valence-corrected chi connectivity index (χ3v) is 5.62. The van der Waals surface area contributed by atoms with Crippen LogP contribution in [0, 0.1) is 6.92 Å². The van der Waals surface area contributed by atoms with Crippen molar-refractivity contribution in [3.63, 3.8) is 0 Å². The maximum Gasteiger partial charge on any atom is 0.134 e. The van der Waals surface area contributed by atoms with Gasteiger partial charge in [0.2, 0.25) is 0 Å². The van der Waals surface area contributed by atoms with Gasteiger partial charge in [0.1, 0.15) is 11.3 Å². The number of furan rings is 1. The van der Waals surface area contributed by atoms with Gasteiger partial charge in [0, 0.05) is 28.8 Å². The zero-order valence-corrected chi connectivity index (χ0v) is 13.1. The minimum absolute atomic E-state index is 0.645. The van der Waals surface area contributed by atoms with Crippen molar-refractivity contribution < 1.29 is 4.42 Å². The molecule has 2 atom stereocenters. The lowest BCUT2D eigenvalue weighted by atomic mass is 9.94. The highest BCUT2D eigenvalue weighted by molar-refractivity contribution is 7.99. The Morgan fingerprint density at radius 3 is 2.90 bits per heavy atom. The van der Waals surface area contributed by atoms with Gasteiger partial charge in [0.25, 0.3) is 0 Å². The highest BCUT2D eigenvalue weighted by atomic mass is 32.2. The van der Waals surface area contributed by atoms with Crippen molar-refractivity contribution in [3.8, 4) is 0 Å². The zero-order chi connectivity index (χ0) is 13.9. The van der Waals surface area contributed by atoms with Crippen LogP contribution in [0.1, 0.15) is 37.0 Å². The van der Waals surface area contributed by atoms with E-state index in [1.165, 1.54) is 36.6 Å². The maximum absolute atomic E-state index is 5.85. The Balaban J connectivity index is 1.74. The minimum atomic E-state index is 0.645. The van der Waals surface area contributed by atoms with Crippen LogP contribution >= 0.6 is 11.8 Å². The zero-order valence-electron chi connectivity index (χ0n) is 12.3. The average molecular weight is 289 g/mol. The predicted octanol–water partition coefficient (Wildman–Crippen LogP) is 4.51. The fraction of sp³-hybridized carbons (Fsp3) is 0.529. The summed E-state index contributed by atoms with van der Waals surface area (Å²) in [4.78, 5) is 0. The molecular formula is C17H23NOS. The van der Waals surface area contributed by atoms with E-state index in [0.717, 1.165) is 23.1 Å². The quantitative estimate of drug-likeness (QED) is 0.897. The summed E-state index contributed by atoms with van der Waals surface area (Å²) >= 11 is 2.01. The van der Waals surface area contributed by atoms with Gasteiger partial charge in [-0.25, -0.2) is 0 Å². The Hall–Kier alpha value is -0.930. The Bertz CT molecular complexity index is 577. The van der Waals surface area contributed by atoms with E-state index in [9.17, 15) is 0 Å². The van der Waals surface area contributed by atoms with E-state index in [0.29, 0.717) is 6.04 Å². The monoisotopic (exact) mass is 289 g/mol.